The fourth-order valence-corrected chi connectivity index (χ4v) is 5.51. The normalized spacial score (nSPS) is 12.2. The van der Waals surface area contributed by atoms with Gasteiger partial charge in [-0.25, -0.2) is 8.42 Å². The third kappa shape index (κ3) is 9.23. The first-order valence-electron chi connectivity index (χ1n) is 13.7. The summed E-state index contributed by atoms with van der Waals surface area (Å²) < 4.78 is 26.5. The van der Waals surface area contributed by atoms with Crippen LogP contribution in [-0.2, 0) is 32.6 Å². The maximum Gasteiger partial charge on any atom is 0.243 e. The average Bonchev–Trinajstić information content (AvgIpc) is 2.90. The van der Waals surface area contributed by atoms with Crippen molar-refractivity contribution in [1.29, 1.82) is 0 Å². The van der Waals surface area contributed by atoms with Crippen LogP contribution in [0.4, 0.5) is 5.69 Å². The Labute approximate surface area is 239 Å². The average molecular weight is 564 g/mol. The highest BCUT2D eigenvalue weighted by molar-refractivity contribution is 7.92. The number of anilines is 1. The molecule has 0 bridgehead atoms. The van der Waals surface area contributed by atoms with E-state index < -0.39 is 16.1 Å². The molecular weight excluding hydrogens is 522 g/mol. The van der Waals surface area contributed by atoms with Crippen molar-refractivity contribution >= 4 is 27.5 Å². The number of hydrogen-bond donors (Lipinski definition) is 1. The monoisotopic (exact) mass is 563 g/mol. The first-order valence-corrected chi connectivity index (χ1v) is 15.5. The van der Waals surface area contributed by atoms with Crippen molar-refractivity contribution in [2.45, 2.75) is 65.6 Å². The van der Waals surface area contributed by atoms with Gasteiger partial charge in [-0.1, -0.05) is 77.9 Å². The predicted octanol–water partition coefficient (Wildman–Crippen LogP) is 5.01. The van der Waals surface area contributed by atoms with Gasteiger partial charge in [-0.15, -0.1) is 0 Å². The van der Waals surface area contributed by atoms with Crippen molar-refractivity contribution < 1.29 is 18.0 Å². The summed E-state index contributed by atoms with van der Waals surface area (Å²) in [5, 5.41) is 2.99. The van der Waals surface area contributed by atoms with Gasteiger partial charge in [0.25, 0.3) is 0 Å². The highest BCUT2D eigenvalue weighted by atomic mass is 32.2. The molecule has 8 heteroatoms. The van der Waals surface area contributed by atoms with E-state index in [1.807, 2.05) is 94.4 Å². The van der Waals surface area contributed by atoms with Gasteiger partial charge in [0.15, 0.2) is 0 Å². The molecule has 1 atom stereocenters. The number of carbonyl (C=O) groups is 2. The number of amides is 2. The molecule has 1 N–H and O–H groups in total. The SMILES string of the molecule is Cc1ccc(CN(C(=O)CCCN(c2ccc(C)cc2)S(C)(=O)=O)[C@@H](Cc2ccccc2)C(=O)NC(C)C)cc1. The molecule has 3 aromatic carbocycles. The smallest absolute Gasteiger partial charge is 0.243 e. The molecule has 7 nitrogen and oxygen atoms in total. The van der Waals surface area contributed by atoms with Crippen LogP contribution in [0.5, 0.6) is 0 Å². The van der Waals surface area contributed by atoms with Gasteiger partial charge in [-0.2, -0.15) is 0 Å². The van der Waals surface area contributed by atoms with Gasteiger partial charge < -0.3 is 10.2 Å². The first-order chi connectivity index (χ1) is 18.9. The van der Waals surface area contributed by atoms with Crippen LogP contribution in [0.2, 0.25) is 0 Å². The molecule has 2 amide bonds. The number of nitrogens with zero attached hydrogens (tertiary/aromatic N) is 2. The van der Waals surface area contributed by atoms with Crippen LogP contribution in [0.3, 0.4) is 0 Å². The zero-order chi connectivity index (χ0) is 29.3. The second-order valence-corrected chi connectivity index (χ2v) is 12.6. The van der Waals surface area contributed by atoms with Crippen LogP contribution in [-0.4, -0.2) is 50.0 Å². The Morgan fingerprint density at radius 1 is 0.825 bits per heavy atom. The van der Waals surface area contributed by atoms with E-state index in [9.17, 15) is 18.0 Å². The summed E-state index contributed by atoms with van der Waals surface area (Å²) in [4.78, 5) is 29.0. The molecule has 0 fully saturated rings. The van der Waals surface area contributed by atoms with E-state index in [2.05, 4.69) is 5.32 Å². The number of nitrogens with one attached hydrogen (secondary N) is 1. The molecule has 0 aromatic heterocycles. The lowest BCUT2D eigenvalue weighted by atomic mass is 10.0. The van der Waals surface area contributed by atoms with Crippen LogP contribution < -0.4 is 9.62 Å². The summed E-state index contributed by atoms with van der Waals surface area (Å²) in [7, 11) is -3.54. The van der Waals surface area contributed by atoms with Crippen LogP contribution in [0.15, 0.2) is 78.9 Å². The van der Waals surface area contributed by atoms with Crippen molar-refractivity contribution in [3.8, 4) is 0 Å². The Morgan fingerprint density at radius 2 is 1.40 bits per heavy atom. The molecule has 0 unspecified atom stereocenters. The predicted molar refractivity (Wildman–Crippen MR) is 162 cm³/mol. The summed E-state index contributed by atoms with van der Waals surface area (Å²) in [5.41, 5.74) is 4.58. The first kappa shape index (κ1) is 30.9. The van der Waals surface area contributed by atoms with Crippen LogP contribution in [0.25, 0.3) is 0 Å². The van der Waals surface area contributed by atoms with E-state index in [1.165, 1.54) is 10.6 Å². The highest BCUT2D eigenvalue weighted by Crippen LogP contribution is 2.21. The Hall–Kier alpha value is -3.65. The lowest BCUT2D eigenvalue weighted by Gasteiger charge is -2.32. The molecule has 0 saturated heterocycles. The molecule has 0 spiro atoms. The van der Waals surface area contributed by atoms with Crippen molar-refractivity contribution in [2.75, 3.05) is 17.1 Å². The molecule has 214 valence electrons. The fourth-order valence-electron chi connectivity index (χ4n) is 4.54. The summed E-state index contributed by atoms with van der Waals surface area (Å²) in [6.07, 6.45) is 1.96. The summed E-state index contributed by atoms with van der Waals surface area (Å²) in [6, 6.07) is 24.1. The van der Waals surface area contributed by atoms with Crippen molar-refractivity contribution in [2.24, 2.45) is 0 Å². The van der Waals surface area contributed by atoms with Gasteiger partial charge in [0, 0.05) is 32.0 Å². The molecule has 0 heterocycles. The van der Waals surface area contributed by atoms with Crippen molar-refractivity contribution in [1.82, 2.24) is 10.2 Å². The number of hydrogen-bond acceptors (Lipinski definition) is 4. The maximum absolute atomic E-state index is 13.8. The molecule has 0 radical (unpaired) electrons. The zero-order valence-corrected chi connectivity index (χ0v) is 24.9. The minimum atomic E-state index is -3.54. The standard InChI is InChI=1S/C32H41N3O4S/c1-24(2)33-32(37)30(22-27-10-7-6-8-11-27)34(23-28-17-13-25(3)14-18-28)31(36)12-9-21-35(40(5,38)39)29-19-15-26(4)16-20-29/h6-8,10-11,13-20,24,30H,9,12,21-23H2,1-5H3,(H,33,37)/t30-/m0/s1. The summed E-state index contributed by atoms with van der Waals surface area (Å²) in [5.74, 6) is -0.408. The maximum atomic E-state index is 13.8. The molecule has 0 aliphatic rings. The largest absolute Gasteiger partial charge is 0.352 e. The molecule has 0 saturated carbocycles. The number of benzene rings is 3. The van der Waals surface area contributed by atoms with Crippen LogP contribution >= 0.6 is 0 Å². The topological polar surface area (TPSA) is 86.8 Å². The number of sulfonamides is 1. The van der Waals surface area contributed by atoms with Gasteiger partial charge in [0.1, 0.15) is 6.04 Å². The van der Waals surface area contributed by atoms with E-state index in [0.29, 0.717) is 18.5 Å². The number of rotatable bonds is 13. The molecule has 3 rings (SSSR count). The third-order valence-corrected chi connectivity index (χ3v) is 7.84. The van der Waals surface area contributed by atoms with Crippen molar-refractivity contribution in [3.63, 3.8) is 0 Å². The minimum Gasteiger partial charge on any atom is -0.352 e. The van der Waals surface area contributed by atoms with E-state index in [1.54, 1.807) is 17.0 Å². The summed E-state index contributed by atoms with van der Waals surface area (Å²) >= 11 is 0. The molecule has 0 aliphatic carbocycles. The third-order valence-electron chi connectivity index (χ3n) is 6.65. The second-order valence-electron chi connectivity index (χ2n) is 10.7. The Morgan fingerprint density at radius 3 is 1.95 bits per heavy atom. The summed E-state index contributed by atoms with van der Waals surface area (Å²) in [6.45, 7) is 8.17. The second kappa shape index (κ2) is 14.1. The molecule has 3 aromatic rings. The Balaban J connectivity index is 1.87. The van der Waals surface area contributed by atoms with Crippen LogP contribution in [0, 0.1) is 13.8 Å². The molecular formula is C32H41N3O4S. The van der Waals surface area contributed by atoms with Gasteiger partial charge in [0.2, 0.25) is 21.8 Å². The molecule has 0 aliphatic heterocycles. The van der Waals surface area contributed by atoms with E-state index in [4.69, 9.17) is 0 Å². The Kier molecular flexibility index (Phi) is 10.9. The highest BCUT2D eigenvalue weighted by Gasteiger charge is 2.31. The minimum absolute atomic E-state index is 0.0834. The van der Waals surface area contributed by atoms with E-state index in [-0.39, 0.29) is 37.4 Å². The van der Waals surface area contributed by atoms with Gasteiger partial charge in [-0.3, -0.25) is 13.9 Å². The van der Waals surface area contributed by atoms with E-state index in [0.717, 1.165) is 22.3 Å². The van der Waals surface area contributed by atoms with Crippen LogP contribution in [0.1, 0.15) is 48.9 Å². The molecule has 40 heavy (non-hydrogen) atoms. The quantitative estimate of drug-likeness (QED) is 0.317. The zero-order valence-electron chi connectivity index (χ0n) is 24.1. The van der Waals surface area contributed by atoms with Gasteiger partial charge in [-0.05, 0) is 57.4 Å². The fraction of sp³-hybridized carbons (Fsp3) is 0.375. The van der Waals surface area contributed by atoms with Gasteiger partial charge in [0.05, 0.1) is 11.9 Å². The van der Waals surface area contributed by atoms with Crippen molar-refractivity contribution in [3.05, 3.63) is 101 Å². The van der Waals surface area contributed by atoms with E-state index >= 15 is 0 Å². The van der Waals surface area contributed by atoms with Gasteiger partial charge >= 0.3 is 0 Å². The lowest BCUT2D eigenvalue weighted by molar-refractivity contribution is -0.141. The Bertz CT molecular complexity index is 1360. The number of carbonyl (C=O) groups excluding carboxylic acids is 2. The number of aryl methyl sites for hydroxylation is 2. The lowest BCUT2D eigenvalue weighted by Crippen LogP contribution is -2.51.